The number of aliphatic imine (C=N–C) groups is 1. The molecule has 1 amide bonds. The maximum absolute atomic E-state index is 13.3. The van der Waals surface area contributed by atoms with Crippen molar-refractivity contribution in [2.45, 2.75) is 25.9 Å². The smallest absolute Gasteiger partial charge is 0.338 e. The number of benzene rings is 1. The van der Waals surface area contributed by atoms with Crippen molar-refractivity contribution in [2.24, 2.45) is 4.99 Å². The fraction of sp³-hybridized carbons (Fsp3) is 0.259. The number of methoxy groups -OCH3 is 2. The number of amides is 1. The number of fused-ring (bicyclic) bond motifs is 1. The third-order valence-corrected chi connectivity index (χ3v) is 6.73. The van der Waals surface area contributed by atoms with Crippen molar-refractivity contribution in [3.63, 3.8) is 0 Å². The van der Waals surface area contributed by atoms with E-state index in [2.05, 4.69) is 21.9 Å². The Morgan fingerprint density at radius 3 is 2.78 bits per heavy atom. The maximum atomic E-state index is 13.3. The van der Waals surface area contributed by atoms with Gasteiger partial charge in [-0.15, -0.1) is 0 Å². The number of carbonyl (C=O) groups excluding carboxylic acids is 2. The molecule has 192 valence electrons. The number of pyridine rings is 1. The summed E-state index contributed by atoms with van der Waals surface area (Å²) in [6.45, 7) is 5.82. The van der Waals surface area contributed by atoms with Crippen LogP contribution in [0.2, 0.25) is 0 Å². The standard InChI is InChI=1S/C27H28N4O5S/c1-5-11-36-26(33)24-17(2)30-27-31(25(24)21-13-20(34-3)8-9-22(21)35-4)19(16-37-27)12-23(32)29-15-18-7-6-10-28-14-18/h5-10,13-14,16,25H,1,11-12,15H2,2-4H3,(H,29,32). The minimum atomic E-state index is -0.651. The summed E-state index contributed by atoms with van der Waals surface area (Å²) in [5.41, 5.74) is 3.16. The molecule has 2 aromatic rings. The summed E-state index contributed by atoms with van der Waals surface area (Å²) in [5.74, 6) is 0.469. The molecule has 3 heterocycles. The molecular weight excluding hydrogens is 492 g/mol. The van der Waals surface area contributed by atoms with E-state index in [1.54, 1.807) is 45.7 Å². The molecule has 1 atom stereocenters. The molecular formula is C27H28N4O5S. The summed E-state index contributed by atoms with van der Waals surface area (Å²) in [5, 5.41) is 5.47. The minimum absolute atomic E-state index is 0.0579. The third-order valence-electron chi connectivity index (χ3n) is 5.84. The Kier molecular flexibility index (Phi) is 8.29. The van der Waals surface area contributed by atoms with Crippen molar-refractivity contribution in [2.75, 3.05) is 20.8 Å². The van der Waals surface area contributed by atoms with E-state index in [0.29, 0.717) is 45.7 Å². The van der Waals surface area contributed by atoms with Crippen molar-refractivity contribution in [3.05, 3.63) is 88.9 Å². The SMILES string of the molecule is C=CCOC(=O)C1=C(C)N=C2SC=C(CC(=O)NCc3cccnc3)N2C1c1cc(OC)ccc1OC. The number of thioether (sulfide) groups is 1. The largest absolute Gasteiger partial charge is 0.497 e. The summed E-state index contributed by atoms with van der Waals surface area (Å²) in [6, 6.07) is 8.46. The molecule has 9 nitrogen and oxygen atoms in total. The van der Waals surface area contributed by atoms with Crippen LogP contribution in [0.25, 0.3) is 0 Å². The quantitative estimate of drug-likeness (QED) is 0.369. The normalized spacial score (nSPS) is 16.4. The first-order chi connectivity index (χ1) is 18.0. The Morgan fingerprint density at radius 1 is 1.24 bits per heavy atom. The van der Waals surface area contributed by atoms with Gasteiger partial charge in [0.15, 0.2) is 5.17 Å². The minimum Gasteiger partial charge on any atom is -0.497 e. The molecule has 2 aliphatic rings. The Bertz CT molecular complexity index is 1290. The van der Waals surface area contributed by atoms with E-state index < -0.39 is 12.0 Å². The van der Waals surface area contributed by atoms with Gasteiger partial charge in [-0.05, 0) is 42.2 Å². The Morgan fingerprint density at radius 2 is 2.08 bits per heavy atom. The molecule has 4 rings (SSSR count). The Balaban J connectivity index is 1.69. The van der Waals surface area contributed by atoms with Gasteiger partial charge in [-0.2, -0.15) is 0 Å². The second kappa shape index (κ2) is 11.8. The lowest BCUT2D eigenvalue weighted by atomic mass is 9.92. The monoisotopic (exact) mass is 520 g/mol. The molecule has 0 bridgehead atoms. The van der Waals surface area contributed by atoms with Crippen molar-refractivity contribution >= 4 is 28.8 Å². The van der Waals surface area contributed by atoms with Gasteiger partial charge in [0.05, 0.1) is 38.0 Å². The summed E-state index contributed by atoms with van der Waals surface area (Å²) in [6.07, 6.45) is 4.99. The van der Waals surface area contributed by atoms with Gasteiger partial charge in [0, 0.05) is 30.2 Å². The highest BCUT2D eigenvalue weighted by Gasteiger charge is 2.42. The average molecular weight is 521 g/mol. The van der Waals surface area contributed by atoms with Crippen LogP contribution in [0.15, 0.2) is 82.7 Å². The molecule has 0 spiro atoms. The molecule has 0 saturated heterocycles. The predicted molar refractivity (Wildman–Crippen MR) is 142 cm³/mol. The van der Waals surface area contributed by atoms with Crippen LogP contribution in [0.3, 0.4) is 0 Å². The predicted octanol–water partition coefficient (Wildman–Crippen LogP) is 4.11. The van der Waals surface area contributed by atoms with Crippen molar-refractivity contribution < 1.29 is 23.8 Å². The van der Waals surface area contributed by atoms with Gasteiger partial charge in [0.2, 0.25) is 5.91 Å². The molecule has 0 aliphatic carbocycles. The third kappa shape index (κ3) is 5.69. The summed E-state index contributed by atoms with van der Waals surface area (Å²) < 4.78 is 16.6. The number of hydrogen-bond acceptors (Lipinski definition) is 9. The first-order valence-electron chi connectivity index (χ1n) is 11.6. The lowest BCUT2D eigenvalue weighted by Crippen LogP contribution is -2.38. The van der Waals surface area contributed by atoms with Crippen molar-refractivity contribution in [3.8, 4) is 11.5 Å². The highest BCUT2D eigenvalue weighted by Crippen LogP contribution is 2.47. The van der Waals surface area contributed by atoms with Crippen LogP contribution in [-0.4, -0.2) is 47.8 Å². The molecule has 10 heteroatoms. The number of amidine groups is 1. The van der Waals surface area contributed by atoms with E-state index in [1.165, 1.54) is 17.8 Å². The van der Waals surface area contributed by atoms with Crippen LogP contribution < -0.4 is 14.8 Å². The number of allylic oxidation sites excluding steroid dienone is 1. The zero-order valence-corrected chi connectivity index (χ0v) is 21.7. The number of hydrogen-bond donors (Lipinski definition) is 1. The second-order valence-electron chi connectivity index (χ2n) is 8.20. The first kappa shape index (κ1) is 26.0. The number of ether oxygens (including phenoxy) is 3. The van der Waals surface area contributed by atoms with Crippen LogP contribution in [0, 0.1) is 0 Å². The summed E-state index contributed by atoms with van der Waals surface area (Å²) >= 11 is 1.40. The number of carbonyl (C=O) groups is 2. The topological polar surface area (TPSA) is 102 Å². The van der Waals surface area contributed by atoms with Gasteiger partial charge in [-0.25, -0.2) is 9.79 Å². The maximum Gasteiger partial charge on any atom is 0.338 e. The van der Waals surface area contributed by atoms with Crippen LogP contribution in [0.1, 0.15) is 30.5 Å². The zero-order chi connectivity index (χ0) is 26.4. The molecule has 1 aromatic carbocycles. The zero-order valence-electron chi connectivity index (χ0n) is 20.9. The molecule has 0 saturated carbocycles. The van der Waals surface area contributed by atoms with Crippen LogP contribution >= 0.6 is 11.8 Å². The number of rotatable bonds is 10. The first-order valence-corrected chi connectivity index (χ1v) is 12.4. The van der Waals surface area contributed by atoms with Gasteiger partial charge < -0.3 is 24.4 Å². The van der Waals surface area contributed by atoms with Crippen molar-refractivity contribution in [1.29, 1.82) is 0 Å². The fourth-order valence-corrected chi connectivity index (χ4v) is 5.09. The highest BCUT2D eigenvalue weighted by atomic mass is 32.2. The van der Waals surface area contributed by atoms with Gasteiger partial charge in [0.1, 0.15) is 18.1 Å². The molecule has 0 radical (unpaired) electrons. The summed E-state index contributed by atoms with van der Waals surface area (Å²) in [7, 11) is 3.14. The fourth-order valence-electron chi connectivity index (χ4n) is 4.12. The highest BCUT2D eigenvalue weighted by molar-refractivity contribution is 8.16. The van der Waals surface area contributed by atoms with Gasteiger partial charge in [-0.3, -0.25) is 9.78 Å². The molecule has 0 fully saturated rings. The van der Waals surface area contributed by atoms with E-state index in [-0.39, 0.29) is 18.9 Å². The lowest BCUT2D eigenvalue weighted by molar-refractivity contribution is -0.138. The van der Waals surface area contributed by atoms with Crippen LogP contribution in [0.4, 0.5) is 0 Å². The van der Waals surface area contributed by atoms with E-state index in [4.69, 9.17) is 14.2 Å². The van der Waals surface area contributed by atoms with E-state index in [1.807, 2.05) is 28.5 Å². The number of esters is 1. The van der Waals surface area contributed by atoms with E-state index >= 15 is 0 Å². The van der Waals surface area contributed by atoms with Gasteiger partial charge in [-0.1, -0.05) is 30.5 Å². The lowest BCUT2D eigenvalue weighted by Gasteiger charge is -2.36. The van der Waals surface area contributed by atoms with Crippen LogP contribution in [0.5, 0.6) is 11.5 Å². The van der Waals surface area contributed by atoms with E-state index in [9.17, 15) is 9.59 Å². The Labute approximate surface area is 219 Å². The van der Waals surface area contributed by atoms with Gasteiger partial charge >= 0.3 is 5.97 Å². The second-order valence-corrected chi connectivity index (χ2v) is 9.04. The molecule has 1 aromatic heterocycles. The molecule has 1 unspecified atom stereocenters. The number of nitrogens with zero attached hydrogens (tertiary/aromatic N) is 3. The number of nitrogens with one attached hydrogen (secondary N) is 1. The van der Waals surface area contributed by atoms with Crippen molar-refractivity contribution in [1.82, 2.24) is 15.2 Å². The van der Waals surface area contributed by atoms with E-state index in [0.717, 1.165) is 5.56 Å². The molecule has 2 aliphatic heterocycles. The van der Waals surface area contributed by atoms with Gasteiger partial charge in [0.25, 0.3) is 0 Å². The average Bonchev–Trinajstić information content (AvgIpc) is 3.31. The number of aromatic nitrogens is 1. The Hall–Kier alpha value is -4.05. The van der Waals surface area contributed by atoms with Crippen LogP contribution in [-0.2, 0) is 20.9 Å². The summed E-state index contributed by atoms with van der Waals surface area (Å²) in [4.78, 5) is 36.8. The molecule has 1 N–H and O–H groups in total. The molecule has 37 heavy (non-hydrogen) atoms.